The predicted octanol–water partition coefficient (Wildman–Crippen LogP) is 1.11. The molecule has 0 bridgehead atoms. The highest BCUT2D eigenvalue weighted by molar-refractivity contribution is 7.99. The smallest absolute Gasteiger partial charge is 0.313 e. The number of carboxylic acid groups (broad SMARTS) is 1. The molecule has 0 atom stereocenters. The van der Waals surface area contributed by atoms with Crippen LogP contribution in [0.5, 0.6) is 0 Å². The normalized spacial score (nSPS) is 10.7. The van der Waals surface area contributed by atoms with Crippen molar-refractivity contribution in [3.8, 4) is 0 Å². The van der Waals surface area contributed by atoms with Crippen LogP contribution in [0.2, 0.25) is 0 Å². The average molecular weight is 274 g/mol. The lowest BCUT2D eigenvalue weighted by Gasteiger charge is -2.07. The van der Waals surface area contributed by atoms with E-state index in [1.807, 2.05) is 10.8 Å². The molecule has 0 aromatic carbocycles. The van der Waals surface area contributed by atoms with Crippen LogP contribution >= 0.6 is 11.8 Å². The monoisotopic (exact) mass is 274 g/mol. The molecule has 1 aromatic rings. The second-order valence-corrected chi connectivity index (χ2v) is 4.49. The maximum absolute atomic E-state index is 10.5. The molecule has 0 radical (unpaired) electrons. The summed E-state index contributed by atoms with van der Waals surface area (Å²) in [5.41, 5.74) is 0. The summed E-state index contributed by atoms with van der Waals surface area (Å²) in [6, 6.07) is 0. The summed E-state index contributed by atoms with van der Waals surface area (Å²) in [6.07, 6.45) is 4.38. The first-order valence-corrected chi connectivity index (χ1v) is 6.65. The molecule has 0 aliphatic carbocycles. The van der Waals surface area contributed by atoms with E-state index >= 15 is 0 Å². The van der Waals surface area contributed by atoms with E-state index < -0.39 is 5.97 Å². The van der Waals surface area contributed by atoms with Gasteiger partial charge in [-0.25, -0.2) is 4.98 Å². The number of aromatic nitrogens is 2. The Morgan fingerprint density at radius 2 is 2.33 bits per heavy atom. The molecule has 0 aliphatic rings. The molecule has 6 nitrogen and oxygen atoms in total. The number of aryl methyl sites for hydroxylation is 1. The number of nitrogens with zero attached hydrogens (tertiary/aromatic N) is 2. The molecule has 102 valence electrons. The minimum Gasteiger partial charge on any atom is -0.481 e. The lowest BCUT2D eigenvalue weighted by molar-refractivity contribution is -0.133. The molecule has 18 heavy (non-hydrogen) atoms. The first-order valence-electron chi connectivity index (χ1n) is 5.66. The number of imidazole rings is 1. The molecule has 0 aliphatic heterocycles. The van der Waals surface area contributed by atoms with E-state index in [9.17, 15) is 4.79 Å². The number of carboxylic acids is 1. The largest absolute Gasteiger partial charge is 0.481 e. The van der Waals surface area contributed by atoms with Crippen LogP contribution in [-0.4, -0.2) is 53.3 Å². The van der Waals surface area contributed by atoms with Crippen LogP contribution < -0.4 is 0 Å². The molecule has 7 heteroatoms. The lowest BCUT2D eigenvalue weighted by atomic mass is 10.4. The Balaban J connectivity index is 2.21. The Morgan fingerprint density at radius 3 is 3.06 bits per heavy atom. The van der Waals surface area contributed by atoms with Crippen LogP contribution in [0.25, 0.3) is 0 Å². The van der Waals surface area contributed by atoms with Crippen molar-refractivity contribution < 1.29 is 19.4 Å². The minimum atomic E-state index is -0.836. The van der Waals surface area contributed by atoms with E-state index in [-0.39, 0.29) is 5.75 Å². The number of carbonyl (C=O) groups is 1. The number of rotatable bonds is 10. The van der Waals surface area contributed by atoms with Crippen LogP contribution in [-0.2, 0) is 20.8 Å². The fraction of sp³-hybridized carbons (Fsp3) is 0.636. The van der Waals surface area contributed by atoms with Crippen molar-refractivity contribution in [3.05, 3.63) is 12.4 Å². The lowest BCUT2D eigenvalue weighted by Crippen LogP contribution is -2.07. The van der Waals surface area contributed by atoms with Gasteiger partial charge in [-0.1, -0.05) is 11.8 Å². The van der Waals surface area contributed by atoms with Crippen molar-refractivity contribution in [2.45, 2.75) is 18.1 Å². The van der Waals surface area contributed by atoms with Crippen molar-refractivity contribution in [2.24, 2.45) is 0 Å². The van der Waals surface area contributed by atoms with E-state index in [4.69, 9.17) is 14.6 Å². The highest BCUT2D eigenvalue weighted by Gasteiger charge is 2.05. The Labute approximate surface area is 110 Å². The average Bonchev–Trinajstić information content (AvgIpc) is 2.78. The first kappa shape index (κ1) is 15.0. The summed E-state index contributed by atoms with van der Waals surface area (Å²) in [5, 5.41) is 9.34. The molecule has 0 fully saturated rings. The summed E-state index contributed by atoms with van der Waals surface area (Å²) in [5.74, 6) is -0.807. The van der Waals surface area contributed by atoms with Gasteiger partial charge in [-0.15, -0.1) is 0 Å². The fourth-order valence-corrected chi connectivity index (χ4v) is 2.02. The van der Waals surface area contributed by atoms with Gasteiger partial charge in [0.15, 0.2) is 5.16 Å². The van der Waals surface area contributed by atoms with Gasteiger partial charge in [-0.05, 0) is 6.42 Å². The van der Waals surface area contributed by atoms with E-state index in [0.29, 0.717) is 19.8 Å². The maximum Gasteiger partial charge on any atom is 0.313 e. The van der Waals surface area contributed by atoms with E-state index in [1.165, 1.54) is 11.8 Å². The van der Waals surface area contributed by atoms with Crippen LogP contribution in [0.1, 0.15) is 6.42 Å². The Kier molecular flexibility index (Phi) is 7.47. The molecule has 0 saturated heterocycles. The molecule has 0 amide bonds. The Morgan fingerprint density at radius 1 is 1.50 bits per heavy atom. The zero-order valence-corrected chi connectivity index (χ0v) is 11.2. The summed E-state index contributed by atoms with van der Waals surface area (Å²) in [4.78, 5) is 14.6. The summed E-state index contributed by atoms with van der Waals surface area (Å²) in [7, 11) is 1.64. The predicted molar refractivity (Wildman–Crippen MR) is 67.9 cm³/mol. The number of hydrogen-bond acceptors (Lipinski definition) is 5. The molecule has 0 saturated carbocycles. The van der Waals surface area contributed by atoms with Crippen molar-refractivity contribution in [1.82, 2.24) is 9.55 Å². The van der Waals surface area contributed by atoms with E-state index in [0.717, 1.165) is 18.1 Å². The van der Waals surface area contributed by atoms with Gasteiger partial charge in [-0.2, -0.15) is 0 Å². The topological polar surface area (TPSA) is 73.6 Å². The van der Waals surface area contributed by atoms with Gasteiger partial charge in [0.1, 0.15) is 0 Å². The Bertz CT molecular complexity index is 357. The number of methoxy groups -OCH3 is 1. The van der Waals surface area contributed by atoms with Crippen molar-refractivity contribution in [3.63, 3.8) is 0 Å². The van der Waals surface area contributed by atoms with Crippen LogP contribution in [0.3, 0.4) is 0 Å². The van der Waals surface area contributed by atoms with Crippen molar-refractivity contribution >= 4 is 17.7 Å². The van der Waals surface area contributed by atoms with Gasteiger partial charge in [0.05, 0.1) is 19.0 Å². The zero-order chi connectivity index (χ0) is 13.2. The molecule has 1 aromatic heterocycles. The second-order valence-electron chi connectivity index (χ2n) is 3.54. The third-order valence-corrected chi connectivity index (χ3v) is 3.11. The van der Waals surface area contributed by atoms with Gasteiger partial charge in [-0.3, -0.25) is 4.79 Å². The van der Waals surface area contributed by atoms with Crippen LogP contribution in [0.4, 0.5) is 0 Å². The SMILES string of the molecule is COCCOCCCn1ccnc1SCC(=O)O. The van der Waals surface area contributed by atoms with Gasteiger partial charge in [0.2, 0.25) is 0 Å². The van der Waals surface area contributed by atoms with E-state index in [2.05, 4.69) is 4.98 Å². The van der Waals surface area contributed by atoms with Gasteiger partial charge < -0.3 is 19.1 Å². The molecular weight excluding hydrogens is 256 g/mol. The molecule has 0 unspecified atom stereocenters. The summed E-state index contributed by atoms with van der Waals surface area (Å²) in [6.45, 7) is 2.63. The van der Waals surface area contributed by atoms with Gasteiger partial charge in [0, 0.05) is 32.7 Å². The number of aliphatic carboxylic acids is 1. The number of hydrogen-bond donors (Lipinski definition) is 1. The molecule has 1 rings (SSSR count). The standard InChI is InChI=1S/C11H18N2O4S/c1-16-7-8-17-6-2-4-13-5-3-12-11(13)18-9-10(14)15/h3,5H,2,4,6-9H2,1H3,(H,14,15). The second kappa shape index (κ2) is 8.96. The van der Waals surface area contributed by atoms with Crippen molar-refractivity contribution in [2.75, 3.05) is 32.7 Å². The maximum atomic E-state index is 10.5. The number of thioether (sulfide) groups is 1. The van der Waals surface area contributed by atoms with Gasteiger partial charge in [0.25, 0.3) is 0 Å². The first-order chi connectivity index (χ1) is 8.74. The van der Waals surface area contributed by atoms with Crippen LogP contribution in [0, 0.1) is 0 Å². The summed E-state index contributed by atoms with van der Waals surface area (Å²) >= 11 is 1.23. The minimum absolute atomic E-state index is 0.0291. The van der Waals surface area contributed by atoms with Gasteiger partial charge >= 0.3 is 5.97 Å². The number of ether oxygens (including phenoxy) is 2. The highest BCUT2D eigenvalue weighted by Crippen LogP contribution is 2.15. The molecule has 1 N–H and O–H groups in total. The molecule has 1 heterocycles. The Hall–Kier alpha value is -1.05. The fourth-order valence-electron chi connectivity index (χ4n) is 1.31. The van der Waals surface area contributed by atoms with Crippen LogP contribution in [0.15, 0.2) is 17.6 Å². The molecular formula is C11H18N2O4S. The third kappa shape index (κ3) is 6.04. The third-order valence-electron chi connectivity index (χ3n) is 2.12. The van der Waals surface area contributed by atoms with E-state index in [1.54, 1.807) is 13.3 Å². The van der Waals surface area contributed by atoms with Crippen molar-refractivity contribution in [1.29, 1.82) is 0 Å². The zero-order valence-electron chi connectivity index (χ0n) is 10.4. The molecule has 0 spiro atoms. The summed E-state index contributed by atoms with van der Waals surface area (Å²) < 4.78 is 12.2. The highest BCUT2D eigenvalue weighted by atomic mass is 32.2. The quantitative estimate of drug-likeness (QED) is 0.509.